The predicted molar refractivity (Wildman–Crippen MR) is 61.7 cm³/mol. The van der Waals surface area contributed by atoms with Gasteiger partial charge in [-0.05, 0) is 30.7 Å². The zero-order valence-corrected chi connectivity index (χ0v) is 9.56. The first-order valence-corrected chi connectivity index (χ1v) is 5.29. The van der Waals surface area contributed by atoms with Crippen LogP contribution in [0.3, 0.4) is 0 Å². The third-order valence-electron chi connectivity index (χ3n) is 2.29. The SMILES string of the molecule is CCCNC(C(=O)O)c1ccc(OC)cc1. The number of aliphatic carboxylic acids is 1. The van der Waals surface area contributed by atoms with Crippen LogP contribution in [0.1, 0.15) is 24.9 Å². The molecule has 0 amide bonds. The summed E-state index contributed by atoms with van der Waals surface area (Å²) >= 11 is 0. The normalized spacial score (nSPS) is 12.1. The van der Waals surface area contributed by atoms with Crippen LogP contribution in [0, 0.1) is 0 Å². The van der Waals surface area contributed by atoms with Crippen molar-refractivity contribution < 1.29 is 14.6 Å². The molecule has 0 aliphatic heterocycles. The Kier molecular flexibility index (Phi) is 4.79. The molecule has 0 heterocycles. The van der Waals surface area contributed by atoms with Crippen molar-refractivity contribution in [3.63, 3.8) is 0 Å². The molecule has 1 rings (SSSR count). The van der Waals surface area contributed by atoms with Crippen LogP contribution in [0.15, 0.2) is 24.3 Å². The molecule has 0 radical (unpaired) electrons. The summed E-state index contributed by atoms with van der Waals surface area (Å²) in [5.41, 5.74) is 0.738. The highest BCUT2D eigenvalue weighted by Crippen LogP contribution is 2.17. The van der Waals surface area contributed by atoms with Crippen LogP contribution in [-0.4, -0.2) is 24.7 Å². The van der Waals surface area contributed by atoms with Crippen molar-refractivity contribution >= 4 is 5.97 Å². The number of rotatable bonds is 6. The Labute approximate surface area is 95.2 Å². The molecule has 0 bridgehead atoms. The maximum atomic E-state index is 11.1. The van der Waals surface area contributed by atoms with Crippen LogP contribution in [-0.2, 0) is 4.79 Å². The van der Waals surface area contributed by atoms with Gasteiger partial charge in [-0.1, -0.05) is 19.1 Å². The van der Waals surface area contributed by atoms with Gasteiger partial charge < -0.3 is 15.2 Å². The fourth-order valence-corrected chi connectivity index (χ4v) is 1.43. The van der Waals surface area contributed by atoms with Crippen LogP contribution >= 0.6 is 0 Å². The average Bonchev–Trinajstić information content (AvgIpc) is 2.30. The second-order valence-corrected chi connectivity index (χ2v) is 3.50. The Morgan fingerprint density at radius 2 is 2.06 bits per heavy atom. The van der Waals surface area contributed by atoms with Gasteiger partial charge in [-0.15, -0.1) is 0 Å². The Morgan fingerprint density at radius 1 is 1.44 bits per heavy atom. The van der Waals surface area contributed by atoms with E-state index in [0.29, 0.717) is 6.54 Å². The molecule has 2 N–H and O–H groups in total. The molecule has 0 saturated carbocycles. The van der Waals surface area contributed by atoms with Gasteiger partial charge in [-0.3, -0.25) is 4.79 Å². The molecule has 4 nitrogen and oxygen atoms in total. The smallest absolute Gasteiger partial charge is 0.325 e. The van der Waals surface area contributed by atoms with E-state index in [1.165, 1.54) is 0 Å². The van der Waals surface area contributed by atoms with Gasteiger partial charge in [-0.25, -0.2) is 0 Å². The van der Waals surface area contributed by atoms with Crippen LogP contribution < -0.4 is 10.1 Å². The zero-order valence-electron chi connectivity index (χ0n) is 9.56. The summed E-state index contributed by atoms with van der Waals surface area (Å²) in [6.07, 6.45) is 0.903. The number of nitrogens with one attached hydrogen (secondary N) is 1. The van der Waals surface area contributed by atoms with Crippen molar-refractivity contribution in [2.45, 2.75) is 19.4 Å². The van der Waals surface area contributed by atoms with E-state index in [0.717, 1.165) is 17.7 Å². The molecule has 1 aromatic rings. The van der Waals surface area contributed by atoms with Crippen LogP contribution in [0.2, 0.25) is 0 Å². The Balaban J connectivity index is 2.79. The lowest BCUT2D eigenvalue weighted by atomic mass is 10.1. The quantitative estimate of drug-likeness (QED) is 0.772. The first-order chi connectivity index (χ1) is 7.69. The third-order valence-corrected chi connectivity index (χ3v) is 2.29. The van der Waals surface area contributed by atoms with Crippen molar-refractivity contribution in [2.24, 2.45) is 0 Å². The number of carboxylic acids is 1. The monoisotopic (exact) mass is 223 g/mol. The molecule has 0 aromatic heterocycles. The number of ether oxygens (including phenoxy) is 1. The molecule has 4 heteroatoms. The van der Waals surface area contributed by atoms with Crippen molar-refractivity contribution in [1.82, 2.24) is 5.32 Å². The summed E-state index contributed by atoms with van der Waals surface area (Å²) in [7, 11) is 1.58. The van der Waals surface area contributed by atoms with Gasteiger partial charge in [-0.2, -0.15) is 0 Å². The van der Waals surface area contributed by atoms with Gasteiger partial charge >= 0.3 is 5.97 Å². The molecule has 88 valence electrons. The van der Waals surface area contributed by atoms with E-state index in [1.807, 2.05) is 6.92 Å². The fraction of sp³-hybridized carbons (Fsp3) is 0.417. The summed E-state index contributed by atoms with van der Waals surface area (Å²) < 4.78 is 5.02. The van der Waals surface area contributed by atoms with Crippen molar-refractivity contribution in [1.29, 1.82) is 0 Å². The Hall–Kier alpha value is -1.55. The summed E-state index contributed by atoms with van der Waals surface area (Å²) in [5, 5.41) is 12.1. The van der Waals surface area contributed by atoms with E-state index in [2.05, 4.69) is 5.32 Å². The average molecular weight is 223 g/mol. The van der Waals surface area contributed by atoms with Crippen molar-refractivity contribution in [2.75, 3.05) is 13.7 Å². The van der Waals surface area contributed by atoms with E-state index < -0.39 is 12.0 Å². The lowest BCUT2D eigenvalue weighted by Crippen LogP contribution is -2.28. The summed E-state index contributed by atoms with van der Waals surface area (Å²) in [6.45, 7) is 2.68. The highest BCUT2D eigenvalue weighted by Gasteiger charge is 2.18. The van der Waals surface area contributed by atoms with Gasteiger partial charge in [0, 0.05) is 0 Å². The number of benzene rings is 1. The lowest BCUT2D eigenvalue weighted by Gasteiger charge is -2.14. The number of hydrogen-bond donors (Lipinski definition) is 2. The van der Waals surface area contributed by atoms with Gasteiger partial charge in [0.25, 0.3) is 0 Å². The fourth-order valence-electron chi connectivity index (χ4n) is 1.43. The Bertz CT molecular complexity index is 335. The number of carbonyl (C=O) groups is 1. The molecule has 0 saturated heterocycles. The van der Waals surface area contributed by atoms with Crippen molar-refractivity contribution in [3.05, 3.63) is 29.8 Å². The molecule has 1 atom stereocenters. The molecule has 0 fully saturated rings. The number of carboxylic acid groups (broad SMARTS) is 1. The predicted octanol–water partition coefficient (Wildman–Crippen LogP) is 1.82. The van der Waals surface area contributed by atoms with Crippen LogP contribution in [0.25, 0.3) is 0 Å². The summed E-state index contributed by atoms with van der Waals surface area (Å²) in [6, 6.07) is 6.41. The van der Waals surface area contributed by atoms with E-state index in [4.69, 9.17) is 9.84 Å². The minimum absolute atomic E-state index is 0.647. The van der Waals surface area contributed by atoms with Crippen LogP contribution in [0.4, 0.5) is 0 Å². The molecule has 0 spiro atoms. The maximum absolute atomic E-state index is 11.1. The molecule has 16 heavy (non-hydrogen) atoms. The largest absolute Gasteiger partial charge is 0.497 e. The topological polar surface area (TPSA) is 58.6 Å². The minimum atomic E-state index is -0.862. The van der Waals surface area contributed by atoms with Gasteiger partial charge in [0.2, 0.25) is 0 Å². The first kappa shape index (κ1) is 12.5. The van der Waals surface area contributed by atoms with E-state index in [1.54, 1.807) is 31.4 Å². The summed E-state index contributed by atoms with van der Waals surface area (Å²) in [4.78, 5) is 11.1. The molecule has 0 aliphatic rings. The standard InChI is InChI=1S/C12H17NO3/c1-3-8-13-11(12(14)15)9-4-6-10(16-2)7-5-9/h4-7,11,13H,3,8H2,1-2H3,(H,14,15). The minimum Gasteiger partial charge on any atom is -0.497 e. The van der Waals surface area contributed by atoms with E-state index in [-0.39, 0.29) is 0 Å². The Morgan fingerprint density at radius 3 is 2.50 bits per heavy atom. The number of methoxy groups -OCH3 is 1. The molecule has 1 aromatic carbocycles. The summed E-state index contributed by atoms with van der Waals surface area (Å²) in [5.74, 6) is -0.137. The molecule has 0 aliphatic carbocycles. The second kappa shape index (κ2) is 6.12. The highest BCUT2D eigenvalue weighted by molar-refractivity contribution is 5.75. The zero-order chi connectivity index (χ0) is 12.0. The molecular formula is C12H17NO3. The van der Waals surface area contributed by atoms with Gasteiger partial charge in [0.15, 0.2) is 0 Å². The molecular weight excluding hydrogens is 206 g/mol. The number of hydrogen-bond acceptors (Lipinski definition) is 3. The lowest BCUT2D eigenvalue weighted by molar-refractivity contribution is -0.139. The van der Waals surface area contributed by atoms with E-state index >= 15 is 0 Å². The van der Waals surface area contributed by atoms with Gasteiger partial charge in [0.05, 0.1) is 7.11 Å². The second-order valence-electron chi connectivity index (χ2n) is 3.50. The van der Waals surface area contributed by atoms with Gasteiger partial charge in [0.1, 0.15) is 11.8 Å². The van der Waals surface area contributed by atoms with E-state index in [9.17, 15) is 4.79 Å². The highest BCUT2D eigenvalue weighted by atomic mass is 16.5. The molecule has 1 unspecified atom stereocenters. The van der Waals surface area contributed by atoms with Crippen molar-refractivity contribution in [3.8, 4) is 5.75 Å². The maximum Gasteiger partial charge on any atom is 0.325 e. The van der Waals surface area contributed by atoms with Crippen LogP contribution in [0.5, 0.6) is 5.75 Å². The third kappa shape index (κ3) is 3.24. The first-order valence-electron chi connectivity index (χ1n) is 5.29.